The normalized spacial score (nSPS) is 21.2. The average molecular weight is 259 g/mol. The molecule has 0 radical (unpaired) electrons. The number of hydrogen-bond acceptors (Lipinski definition) is 0. The lowest BCUT2D eigenvalue weighted by atomic mass is 9.71. The van der Waals surface area contributed by atoms with E-state index in [0.717, 1.165) is 37.8 Å². The maximum Gasteiger partial charge on any atom is 0.128 e. The van der Waals surface area contributed by atoms with Gasteiger partial charge in [0.15, 0.2) is 0 Å². The average Bonchev–Trinajstić information content (AvgIpc) is 2.32. The van der Waals surface area contributed by atoms with Gasteiger partial charge >= 0.3 is 0 Å². The first-order valence-electron chi connectivity index (χ1n) is 6.12. The van der Waals surface area contributed by atoms with Gasteiger partial charge in [-0.3, -0.25) is 0 Å². The fraction of sp³-hybridized carbons (Fsp3) is 0.571. The van der Waals surface area contributed by atoms with Crippen molar-refractivity contribution < 1.29 is 8.78 Å². The predicted molar refractivity (Wildman–Crippen MR) is 66.1 cm³/mol. The minimum Gasteiger partial charge on any atom is -0.207 e. The Hall–Kier alpha value is -0.630. The van der Waals surface area contributed by atoms with Crippen LogP contribution in [0.2, 0.25) is 0 Å². The van der Waals surface area contributed by atoms with E-state index in [1.807, 2.05) is 0 Å². The molecule has 1 saturated carbocycles. The molecule has 1 aromatic carbocycles. The van der Waals surface area contributed by atoms with Crippen LogP contribution in [-0.4, -0.2) is 0 Å². The molecule has 0 bridgehead atoms. The Bertz CT molecular complexity index is 397. The van der Waals surface area contributed by atoms with Crippen molar-refractivity contribution in [2.45, 2.75) is 44.4 Å². The van der Waals surface area contributed by atoms with Crippen LogP contribution in [0.25, 0.3) is 0 Å². The second kappa shape index (κ2) is 4.93. The van der Waals surface area contributed by atoms with Crippen molar-refractivity contribution in [2.75, 3.05) is 0 Å². The minimum absolute atomic E-state index is 0.117. The van der Waals surface area contributed by atoms with Gasteiger partial charge in [-0.25, -0.2) is 8.78 Å². The monoisotopic (exact) mass is 258 g/mol. The summed E-state index contributed by atoms with van der Waals surface area (Å²) in [7, 11) is 0. The molecular formula is C14H17ClF2. The van der Waals surface area contributed by atoms with E-state index in [4.69, 9.17) is 11.6 Å². The highest BCUT2D eigenvalue weighted by Gasteiger charge is 2.36. The maximum absolute atomic E-state index is 13.7. The molecule has 0 aliphatic heterocycles. The molecule has 0 N–H and O–H groups in total. The van der Waals surface area contributed by atoms with Crippen LogP contribution in [-0.2, 0) is 0 Å². The molecular weight excluding hydrogens is 242 g/mol. The van der Waals surface area contributed by atoms with Crippen LogP contribution in [0.1, 0.15) is 50.0 Å². The van der Waals surface area contributed by atoms with E-state index in [1.54, 1.807) is 0 Å². The van der Waals surface area contributed by atoms with Gasteiger partial charge in [0.25, 0.3) is 0 Å². The van der Waals surface area contributed by atoms with Crippen molar-refractivity contribution in [2.24, 2.45) is 5.41 Å². The Morgan fingerprint density at radius 3 is 2.47 bits per heavy atom. The van der Waals surface area contributed by atoms with Crippen molar-refractivity contribution in [3.63, 3.8) is 0 Å². The molecule has 1 aromatic rings. The van der Waals surface area contributed by atoms with E-state index >= 15 is 0 Å². The zero-order valence-electron chi connectivity index (χ0n) is 9.98. The fourth-order valence-corrected chi connectivity index (χ4v) is 3.08. The lowest BCUT2D eigenvalue weighted by molar-refractivity contribution is 0.204. The van der Waals surface area contributed by atoms with Gasteiger partial charge in [0, 0.05) is 5.56 Å². The highest BCUT2D eigenvalue weighted by Crippen LogP contribution is 2.49. The van der Waals surface area contributed by atoms with Crippen molar-refractivity contribution in [3.05, 3.63) is 35.4 Å². The van der Waals surface area contributed by atoms with Crippen LogP contribution in [0.3, 0.4) is 0 Å². The van der Waals surface area contributed by atoms with Gasteiger partial charge in [-0.15, -0.1) is 11.6 Å². The minimum atomic E-state index is -0.446. The topological polar surface area (TPSA) is 0 Å². The number of alkyl halides is 1. The summed E-state index contributed by atoms with van der Waals surface area (Å²) >= 11 is 6.40. The lowest BCUT2D eigenvalue weighted by Gasteiger charge is -2.38. The van der Waals surface area contributed by atoms with Crippen LogP contribution in [0, 0.1) is 17.0 Å². The molecule has 17 heavy (non-hydrogen) atoms. The number of rotatable bonds is 2. The first-order chi connectivity index (χ1) is 8.03. The molecule has 1 aliphatic rings. The van der Waals surface area contributed by atoms with E-state index in [-0.39, 0.29) is 5.41 Å². The van der Waals surface area contributed by atoms with E-state index in [9.17, 15) is 8.78 Å². The summed E-state index contributed by atoms with van der Waals surface area (Å²) in [5.41, 5.74) is 0.185. The second-order valence-corrected chi connectivity index (χ2v) is 5.68. The van der Waals surface area contributed by atoms with E-state index < -0.39 is 17.0 Å². The van der Waals surface area contributed by atoms with Crippen LogP contribution in [0.15, 0.2) is 18.2 Å². The number of halogens is 3. The van der Waals surface area contributed by atoms with Gasteiger partial charge < -0.3 is 0 Å². The van der Waals surface area contributed by atoms with Gasteiger partial charge in [-0.1, -0.05) is 26.2 Å². The van der Waals surface area contributed by atoms with Gasteiger partial charge in [0.1, 0.15) is 11.6 Å². The summed E-state index contributed by atoms with van der Waals surface area (Å²) < 4.78 is 26.9. The summed E-state index contributed by atoms with van der Waals surface area (Å²) in [6.45, 7) is 2.08. The van der Waals surface area contributed by atoms with Crippen molar-refractivity contribution in [1.29, 1.82) is 0 Å². The first-order valence-corrected chi connectivity index (χ1v) is 6.56. The van der Waals surface area contributed by atoms with Crippen molar-refractivity contribution >= 4 is 11.6 Å². The number of benzene rings is 1. The summed E-state index contributed by atoms with van der Waals surface area (Å²) in [6.07, 6.45) is 5.42. The standard InChI is InChI=1S/C14H17ClF2/c1-14(7-3-2-4-8-14)13(15)11-9-10(16)5-6-12(11)17/h5-6,9,13H,2-4,7-8H2,1H3. The Morgan fingerprint density at radius 2 is 1.82 bits per heavy atom. The molecule has 0 nitrogen and oxygen atoms in total. The molecule has 0 heterocycles. The zero-order valence-corrected chi connectivity index (χ0v) is 10.7. The Labute approximate surface area is 106 Å². The van der Waals surface area contributed by atoms with Crippen molar-refractivity contribution in [1.82, 2.24) is 0 Å². The van der Waals surface area contributed by atoms with Gasteiger partial charge in [-0.05, 0) is 36.5 Å². The molecule has 0 saturated heterocycles. The molecule has 2 rings (SSSR count). The van der Waals surface area contributed by atoms with Gasteiger partial charge in [0.2, 0.25) is 0 Å². The molecule has 1 atom stereocenters. The SMILES string of the molecule is CC1(C(Cl)c2cc(F)ccc2F)CCCCC1. The second-order valence-electron chi connectivity index (χ2n) is 5.24. The molecule has 3 heteroatoms. The number of hydrogen-bond donors (Lipinski definition) is 0. The Kier molecular flexibility index (Phi) is 3.72. The zero-order chi connectivity index (χ0) is 12.5. The highest BCUT2D eigenvalue weighted by molar-refractivity contribution is 6.21. The lowest BCUT2D eigenvalue weighted by Crippen LogP contribution is -2.26. The molecule has 0 amide bonds. The molecule has 1 unspecified atom stereocenters. The van der Waals surface area contributed by atoms with Crippen molar-refractivity contribution in [3.8, 4) is 0 Å². The molecule has 94 valence electrons. The highest BCUT2D eigenvalue weighted by atomic mass is 35.5. The smallest absolute Gasteiger partial charge is 0.128 e. The molecule has 1 fully saturated rings. The first kappa shape index (κ1) is 12.8. The maximum atomic E-state index is 13.7. The van der Waals surface area contributed by atoms with Gasteiger partial charge in [0.05, 0.1) is 5.38 Å². The molecule has 1 aliphatic carbocycles. The van der Waals surface area contributed by atoms with E-state index in [1.165, 1.54) is 12.5 Å². The molecule has 0 spiro atoms. The third-order valence-electron chi connectivity index (χ3n) is 3.84. The van der Waals surface area contributed by atoms with Crippen LogP contribution >= 0.6 is 11.6 Å². The largest absolute Gasteiger partial charge is 0.207 e. The quantitative estimate of drug-likeness (QED) is 0.639. The van der Waals surface area contributed by atoms with E-state index in [0.29, 0.717) is 5.56 Å². The van der Waals surface area contributed by atoms with Crippen LogP contribution < -0.4 is 0 Å². The summed E-state index contributed by atoms with van der Waals surface area (Å²) in [6, 6.07) is 3.52. The third-order valence-corrected chi connectivity index (χ3v) is 4.60. The summed E-state index contributed by atoms with van der Waals surface area (Å²) in [5.74, 6) is -0.829. The fourth-order valence-electron chi connectivity index (χ4n) is 2.70. The third kappa shape index (κ3) is 2.62. The van der Waals surface area contributed by atoms with E-state index in [2.05, 4.69) is 6.92 Å². The molecule has 0 aromatic heterocycles. The Morgan fingerprint density at radius 1 is 1.18 bits per heavy atom. The van der Waals surface area contributed by atoms with Gasteiger partial charge in [-0.2, -0.15) is 0 Å². The summed E-state index contributed by atoms with van der Waals surface area (Å²) in [4.78, 5) is 0. The van der Waals surface area contributed by atoms with Crippen LogP contribution in [0.5, 0.6) is 0 Å². The summed E-state index contributed by atoms with van der Waals surface area (Å²) in [5, 5.41) is -0.446. The van der Waals surface area contributed by atoms with Crippen LogP contribution in [0.4, 0.5) is 8.78 Å². The predicted octanol–water partition coefficient (Wildman–Crippen LogP) is 5.22. The Balaban J connectivity index is 2.29.